The molecule has 4 rings (SSSR count). The van der Waals surface area contributed by atoms with Gasteiger partial charge in [0.25, 0.3) is 5.69 Å². The number of rotatable bonds is 4. The lowest BCUT2D eigenvalue weighted by Gasteiger charge is -2.17. The number of nitro benzene ring substituents is 1. The number of non-ortho nitro benzene ring substituents is 1. The molecular formula is C17H15N3O6. The van der Waals surface area contributed by atoms with Crippen molar-refractivity contribution in [3.05, 3.63) is 40.5 Å². The van der Waals surface area contributed by atoms with Crippen LogP contribution in [-0.2, 0) is 14.4 Å². The molecule has 1 aromatic rings. The number of hydrogen-bond donors (Lipinski definition) is 2. The summed E-state index contributed by atoms with van der Waals surface area (Å²) in [5.41, 5.74) is -0.345. The summed E-state index contributed by atoms with van der Waals surface area (Å²) in [6.07, 6.45) is 4.74. The minimum Gasteiger partial charge on any atom is -0.506 e. The summed E-state index contributed by atoms with van der Waals surface area (Å²) in [6, 6.07) is 3.24. The van der Waals surface area contributed by atoms with Gasteiger partial charge in [0.05, 0.1) is 28.5 Å². The highest BCUT2D eigenvalue weighted by Gasteiger charge is 2.59. The van der Waals surface area contributed by atoms with Crippen molar-refractivity contribution in [3.8, 4) is 5.75 Å². The van der Waals surface area contributed by atoms with Crippen molar-refractivity contribution in [2.45, 2.75) is 6.42 Å². The molecule has 2 bridgehead atoms. The number of amides is 3. The molecular weight excluding hydrogens is 342 g/mol. The molecule has 9 heteroatoms. The molecule has 1 aliphatic heterocycles. The fourth-order valence-electron chi connectivity index (χ4n) is 4.19. The molecule has 9 nitrogen and oxygen atoms in total. The van der Waals surface area contributed by atoms with Crippen LogP contribution >= 0.6 is 0 Å². The summed E-state index contributed by atoms with van der Waals surface area (Å²) < 4.78 is 0. The first-order chi connectivity index (χ1) is 12.4. The molecule has 3 amide bonds. The first-order valence-electron chi connectivity index (χ1n) is 8.17. The number of fused-ring (bicyclic) bond motifs is 5. The van der Waals surface area contributed by atoms with Crippen LogP contribution in [0.1, 0.15) is 6.42 Å². The van der Waals surface area contributed by atoms with Crippen molar-refractivity contribution in [2.24, 2.45) is 23.7 Å². The van der Waals surface area contributed by atoms with Gasteiger partial charge < -0.3 is 10.4 Å². The van der Waals surface area contributed by atoms with Gasteiger partial charge in [0.2, 0.25) is 17.7 Å². The largest absolute Gasteiger partial charge is 0.506 e. The number of allylic oxidation sites excluding steroid dienone is 2. The maximum absolute atomic E-state index is 12.5. The highest BCUT2D eigenvalue weighted by molar-refractivity contribution is 6.09. The number of benzene rings is 1. The maximum Gasteiger partial charge on any atom is 0.273 e. The second-order valence-corrected chi connectivity index (χ2v) is 6.77. The zero-order chi connectivity index (χ0) is 18.6. The average molecular weight is 357 g/mol. The van der Waals surface area contributed by atoms with E-state index in [4.69, 9.17) is 0 Å². The van der Waals surface area contributed by atoms with E-state index in [0.717, 1.165) is 23.5 Å². The third-order valence-corrected chi connectivity index (χ3v) is 5.33. The molecule has 4 atom stereocenters. The number of carbonyl (C=O) groups excluding carboxylic acids is 3. The van der Waals surface area contributed by atoms with Crippen LogP contribution in [0.4, 0.5) is 11.4 Å². The molecule has 2 fully saturated rings. The second-order valence-electron chi connectivity index (χ2n) is 6.77. The van der Waals surface area contributed by atoms with E-state index in [1.54, 1.807) is 0 Å². The highest BCUT2D eigenvalue weighted by atomic mass is 16.6. The van der Waals surface area contributed by atoms with E-state index in [-0.39, 0.29) is 46.9 Å². The summed E-state index contributed by atoms with van der Waals surface area (Å²) in [4.78, 5) is 48.2. The Bertz CT molecular complexity index is 849. The van der Waals surface area contributed by atoms with Gasteiger partial charge in [-0.15, -0.1) is 0 Å². The van der Waals surface area contributed by atoms with Crippen molar-refractivity contribution < 1.29 is 24.4 Å². The normalized spacial score (nSPS) is 28.5. The smallest absolute Gasteiger partial charge is 0.273 e. The molecule has 3 aliphatic rings. The Kier molecular flexibility index (Phi) is 3.53. The predicted octanol–water partition coefficient (Wildman–Crippen LogP) is 1.05. The van der Waals surface area contributed by atoms with Gasteiger partial charge in [-0.2, -0.15) is 0 Å². The summed E-state index contributed by atoms with van der Waals surface area (Å²) >= 11 is 0. The van der Waals surface area contributed by atoms with Crippen LogP contribution in [0.15, 0.2) is 30.4 Å². The monoisotopic (exact) mass is 357 g/mol. The van der Waals surface area contributed by atoms with Gasteiger partial charge in [0.15, 0.2) is 0 Å². The van der Waals surface area contributed by atoms with Gasteiger partial charge in [-0.3, -0.25) is 29.4 Å². The zero-order valence-electron chi connectivity index (χ0n) is 13.5. The SMILES string of the molecule is O=C(CN1C(=O)C2C3C=CC(C3)C2C1=O)Nc1ccc([N+](=O)[O-])cc1O. The Morgan fingerprint density at radius 2 is 1.85 bits per heavy atom. The van der Waals surface area contributed by atoms with Gasteiger partial charge >= 0.3 is 0 Å². The number of phenols is 1. The van der Waals surface area contributed by atoms with Gasteiger partial charge in [0, 0.05) is 6.07 Å². The topological polar surface area (TPSA) is 130 Å². The lowest BCUT2D eigenvalue weighted by atomic mass is 9.85. The van der Waals surface area contributed by atoms with E-state index in [0.29, 0.717) is 0 Å². The summed E-state index contributed by atoms with van der Waals surface area (Å²) in [5.74, 6) is -2.42. The number of hydrogen-bond acceptors (Lipinski definition) is 6. The van der Waals surface area contributed by atoms with Gasteiger partial charge in [-0.1, -0.05) is 12.2 Å². The quantitative estimate of drug-likeness (QED) is 0.272. The van der Waals surface area contributed by atoms with Crippen LogP contribution in [0.3, 0.4) is 0 Å². The van der Waals surface area contributed by atoms with Crippen molar-refractivity contribution >= 4 is 29.1 Å². The Morgan fingerprint density at radius 1 is 1.23 bits per heavy atom. The lowest BCUT2D eigenvalue weighted by molar-refractivity contribution is -0.384. The zero-order valence-corrected chi connectivity index (χ0v) is 13.5. The maximum atomic E-state index is 12.5. The molecule has 134 valence electrons. The minimum absolute atomic E-state index is 0.0263. The number of phenolic OH excluding ortho intramolecular Hbond substituents is 1. The molecule has 1 aromatic carbocycles. The van der Waals surface area contributed by atoms with Crippen LogP contribution in [0.2, 0.25) is 0 Å². The minimum atomic E-state index is -0.673. The number of carbonyl (C=O) groups is 3. The van der Waals surface area contributed by atoms with Crippen molar-refractivity contribution in [1.82, 2.24) is 4.90 Å². The van der Waals surface area contributed by atoms with Crippen molar-refractivity contribution in [2.75, 3.05) is 11.9 Å². The van der Waals surface area contributed by atoms with Crippen molar-refractivity contribution in [1.29, 1.82) is 0 Å². The number of nitrogens with zero attached hydrogens (tertiary/aromatic N) is 2. The summed E-state index contributed by atoms with van der Waals surface area (Å²) in [6.45, 7) is -0.444. The van der Waals surface area contributed by atoms with E-state index in [9.17, 15) is 29.6 Å². The first-order valence-corrected chi connectivity index (χ1v) is 8.17. The molecule has 1 saturated carbocycles. The van der Waals surface area contributed by atoms with E-state index in [1.165, 1.54) is 6.07 Å². The molecule has 2 aliphatic carbocycles. The van der Waals surface area contributed by atoms with E-state index in [2.05, 4.69) is 5.32 Å². The summed E-state index contributed by atoms with van der Waals surface area (Å²) in [7, 11) is 0. The Hall–Kier alpha value is -3.23. The van der Waals surface area contributed by atoms with Crippen LogP contribution in [-0.4, -0.2) is 39.2 Å². The number of nitro groups is 1. The standard InChI is InChI=1S/C17H15N3O6/c21-12-6-10(20(25)26)3-4-11(12)18-13(22)7-19-16(23)14-8-1-2-9(5-8)15(14)17(19)24/h1-4,6,8-9,14-15,21H,5,7H2,(H,18,22). The Balaban J connectivity index is 1.45. The van der Waals surface area contributed by atoms with Crippen LogP contribution in [0.25, 0.3) is 0 Å². The molecule has 4 unspecified atom stereocenters. The lowest BCUT2D eigenvalue weighted by Crippen LogP contribution is -2.39. The number of nitrogens with one attached hydrogen (secondary N) is 1. The Labute approximate surface area is 147 Å². The first kappa shape index (κ1) is 16.2. The average Bonchev–Trinajstić information content (AvgIpc) is 3.26. The molecule has 0 spiro atoms. The molecule has 2 N–H and O–H groups in total. The highest BCUT2D eigenvalue weighted by Crippen LogP contribution is 2.52. The van der Waals surface area contributed by atoms with Gasteiger partial charge in [-0.05, 0) is 24.3 Å². The Morgan fingerprint density at radius 3 is 2.38 bits per heavy atom. The van der Waals surface area contributed by atoms with E-state index >= 15 is 0 Å². The third-order valence-electron chi connectivity index (χ3n) is 5.33. The number of likely N-dealkylation sites (tertiary alicyclic amines) is 1. The van der Waals surface area contributed by atoms with Crippen LogP contribution < -0.4 is 5.32 Å². The molecule has 0 aromatic heterocycles. The van der Waals surface area contributed by atoms with Crippen molar-refractivity contribution in [3.63, 3.8) is 0 Å². The van der Waals surface area contributed by atoms with E-state index in [1.807, 2.05) is 12.2 Å². The summed E-state index contributed by atoms with van der Waals surface area (Å²) in [5, 5.41) is 22.8. The molecule has 1 heterocycles. The molecule has 0 radical (unpaired) electrons. The van der Waals surface area contributed by atoms with Gasteiger partial charge in [0.1, 0.15) is 12.3 Å². The molecule has 1 saturated heterocycles. The number of aromatic hydroxyl groups is 1. The molecule has 26 heavy (non-hydrogen) atoms. The van der Waals surface area contributed by atoms with E-state index < -0.39 is 23.1 Å². The number of imide groups is 1. The van der Waals surface area contributed by atoms with Crippen LogP contribution in [0.5, 0.6) is 5.75 Å². The second kappa shape index (κ2) is 5.65. The fourth-order valence-corrected chi connectivity index (χ4v) is 4.19. The third kappa shape index (κ3) is 2.35. The number of anilines is 1. The fraction of sp³-hybridized carbons (Fsp3) is 0.353. The van der Waals surface area contributed by atoms with Gasteiger partial charge in [-0.25, -0.2) is 0 Å². The van der Waals surface area contributed by atoms with Crippen LogP contribution in [0, 0.1) is 33.8 Å². The predicted molar refractivity (Wildman–Crippen MR) is 87.8 cm³/mol.